The maximum absolute atomic E-state index is 10.9. The minimum Gasteiger partial charge on any atom is -0.459 e. The molecule has 2 unspecified atom stereocenters. The van der Waals surface area contributed by atoms with Crippen LogP contribution in [0.4, 0.5) is 0 Å². The van der Waals surface area contributed by atoms with Gasteiger partial charge in [0, 0.05) is 17.4 Å². The van der Waals surface area contributed by atoms with Gasteiger partial charge in [0.15, 0.2) is 0 Å². The lowest BCUT2D eigenvalue weighted by Crippen LogP contribution is -2.37. The molecule has 0 amide bonds. The molecule has 122 valence electrons. The standard InChI is InChI=1S/C22H22O2/c1-4-7-11-19(6-3)22(20-12-9-8-10-13-20)15-14-18(5-2)21(16-22)24-17-23/h2,4,6-14,17,21H,1,15-16H2,3H3/b11-7-,19-6+. The monoisotopic (exact) mass is 318 g/mol. The fourth-order valence-corrected chi connectivity index (χ4v) is 3.36. The summed E-state index contributed by atoms with van der Waals surface area (Å²) < 4.78 is 5.30. The molecule has 0 N–H and O–H groups in total. The Balaban J connectivity index is 2.59. The Labute approximate surface area is 144 Å². The molecule has 0 aromatic heterocycles. The Morgan fingerprint density at radius 3 is 2.75 bits per heavy atom. The number of hydrogen-bond acceptors (Lipinski definition) is 2. The average molecular weight is 318 g/mol. The summed E-state index contributed by atoms with van der Waals surface area (Å²) in [7, 11) is 0. The number of ether oxygens (including phenoxy) is 1. The highest BCUT2D eigenvalue weighted by atomic mass is 16.5. The third kappa shape index (κ3) is 3.41. The summed E-state index contributed by atoms with van der Waals surface area (Å²) in [5.41, 5.74) is 2.78. The summed E-state index contributed by atoms with van der Waals surface area (Å²) in [6, 6.07) is 10.3. The van der Waals surface area contributed by atoms with Crippen LogP contribution in [0.3, 0.4) is 0 Å². The van der Waals surface area contributed by atoms with E-state index in [9.17, 15) is 4.79 Å². The second-order valence-electron chi connectivity index (χ2n) is 5.72. The summed E-state index contributed by atoms with van der Waals surface area (Å²) in [5, 5.41) is 0. The average Bonchev–Trinajstić information content (AvgIpc) is 2.63. The van der Waals surface area contributed by atoms with Crippen LogP contribution in [0.25, 0.3) is 0 Å². The molecule has 0 bridgehead atoms. The van der Waals surface area contributed by atoms with E-state index < -0.39 is 6.10 Å². The number of terminal acetylenes is 1. The number of benzene rings is 1. The highest BCUT2D eigenvalue weighted by Crippen LogP contribution is 2.45. The minimum absolute atomic E-state index is 0.288. The van der Waals surface area contributed by atoms with E-state index >= 15 is 0 Å². The van der Waals surface area contributed by atoms with E-state index in [2.05, 4.69) is 36.8 Å². The zero-order valence-electron chi connectivity index (χ0n) is 13.9. The lowest BCUT2D eigenvalue weighted by Gasteiger charge is -2.40. The van der Waals surface area contributed by atoms with Crippen LogP contribution in [0, 0.1) is 12.3 Å². The molecule has 2 nitrogen and oxygen atoms in total. The van der Waals surface area contributed by atoms with Crippen molar-refractivity contribution in [3.05, 3.63) is 84.0 Å². The maximum atomic E-state index is 10.9. The normalized spacial score (nSPS) is 24.1. The van der Waals surface area contributed by atoms with Crippen LogP contribution < -0.4 is 0 Å². The Hall–Kier alpha value is -2.79. The number of hydrogen-bond donors (Lipinski definition) is 0. The first-order valence-electron chi connectivity index (χ1n) is 7.99. The largest absolute Gasteiger partial charge is 0.459 e. The van der Waals surface area contributed by atoms with Crippen LogP contribution in [0.2, 0.25) is 0 Å². The lowest BCUT2D eigenvalue weighted by atomic mass is 9.64. The van der Waals surface area contributed by atoms with Gasteiger partial charge in [-0.25, -0.2) is 0 Å². The minimum atomic E-state index is -0.409. The number of carbonyl (C=O) groups is 1. The molecular weight excluding hydrogens is 296 g/mol. The van der Waals surface area contributed by atoms with Gasteiger partial charge in [-0.2, -0.15) is 0 Å². The van der Waals surface area contributed by atoms with E-state index in [1.54, 1.807) is 6.08 Å². The third-order valence-corrected chi connectivity index (χ3v) is 4.54. The molecule has 0 saturated heterocycles. The van der Waals surface area contributed by atoms with Crippen LogP contribution >= 0.6 is 0 Å². The van der Waals surface area contributed by atoms with E-state index in [0.29, 0.717) is 12.9 Å². The van der Waals surface area contributed by atoms with Crippen molar-refractivity contribution in [2.24, 2.45) is 0 Å². The Kier molecular flexibility index (Phi) is 5.98. The smallest absolute Gasteiger partial charge is 0.293 e. The van der Waals surface area contributed by atoms with Gasteiger partial charge in [-0.15, -0.1) is 6.42 Å². The number of rotatable bonds is 6. The molecular formula is C22H22O2. The Morgan fingerprint density at radius 2 is 2.17 bits per heavy atom. The number of allylic oxidation sites excluding steroid dienone is 6. The Bertz CT molecular complexity index is 716. The summed E-state index contributed by atoms with van der Waals surface area (Å²) in [6.45, 7) is 6.25. The molecule has 2 rings (SSSR count). The molecule has 2 heteroatoms. The molecule has 0 spiro atoms. The predicted molar refractivity (Wildman–Crippen MR) is 98.3 cm³/mol. The third-order valence-electron chi connectivity index (χ3n) is 4.54. The highest BCUT2D eigenvalue weighted by Gasteiger charge is 2.40. The first-order valence-corrected chi connectivity index (χ1v) is 7.99. The molecule has 0 fully saturated rings. The van der Waals surface area contributed by atoms with Crippen molar-refractivity contribution in [1.82, 2.24) is 0 Å². The van der Waals surface area contributed by atoms with Crippen LogP contribution in [-0.4, -0.2) is 12.6 Å². The SMILES string of the molecule is C#CC1=CCC(C(/C=C\C=C)=C/C)(c2ccccc2)CC1OC=O. The second-order valence-corrected chi connectivity index (χ2v) is 5.72. The molecule has 0 saturated carbocycles. The van der Waals surface area contributed by atoms with E-state index in [0.717, 1.165) is 17.6 Å². The summed E-state index contributed by atoms with van der Waals surface area (Å²) in [4.78, 5) is 10.9. The lowest BCUT2D eigenvalue weighted by molar-refractivity contribution is -0.132. The van der Waals surface area contributed by atoms with Gasteiger partial charge < -0.3 is 4.74 Å². The van der Waals surface area contributed by atoms with Crippen molar-refractivity contribution in [2.45, 2.75) is 31.3 Å². The first-order chi connectivity index (χ1) is 11.7. The van der Waals surface area contributed by atoms with Crippen LogP contribution in [0.1, 0.15) is 25.3 Å². The molecule has 0 radical (unpaired) electrons. The van der Waals surface area contributed by atoms with Gasteiger partial charge in [0.05, 0.1) is 0 Å². The van der Waals surface area contributed by atoms with Crippen molar-refractivity contribution in [1.29, 1.82) is 0 Å². The predicted octanol–water partition coefficient (Wildman–Crippen LogP) is 4.51. The second kappa shape index (κ2) is 8.17. The molecule has 0 aliphatic heterocycles. The highest BCUT2D eigenvalue weighted by molar-refractivity contribution is 5.49. The quantitative estimate of drug-likeness (QED) is 0.438. The number of carbonyl (C=O) groups excluding carboxylic acids is 1. The molecule has 1 aromatic rings. The van der Waals surface area contributed by atoms with Crippen LogP contribution in [0.5, 0.6) is 0 Å². The summed E-state index contributed by atoms with van der Waals surface area (Å²) in [5.74, 6) is 2.65. The summed E-state index contributed by atoms with van der Waals surface area (Å²) >= 11 is 0. The van der Waals surface area contributed by atoms with Gasteiger partial charge in [-0.1, -0.05) is 73.2 Å². The first kappa shape index (κ1) is 17.6. The molecule has 2 atom stereocenters. The van der Waals surface area contributed by atoms with Crippen LogP contribution in [-0.2, 0) is 14.9 Å². The van der Waals surface area contributed by atoms with E-state index in [4.69, 9.17) is 11.2 Å². The molecule has 0 heterocycles. The molecule has 24 heavy (non-hydrogen) atoms. The zero-order valence-corrected chi connectivity index (χ0v) is 13.9. The van der Waals surface area contributed by atoms with E-state index in [-0.39, 0.29) is 5.41 Å². The Morgan fingerprint density at radius 1 is 1.42 bits per heavy atom. The van der Waals surface area contributed by atoms with Gasteiger partial charge in [-0.3, -0.25) is 4.79 Å². The summed E-state index contributed by atoms with van der Waals surface area (Å²) in [6.07, 6.45) is 16.4. The van der Waals surface area contributed by atoms with Gasteiger partial charge >= 0.3 is 0 Å². The van der Waals surface area contributed by atoms with Crippen molar-refractivity contribution in [3.8, 4) is 12.3 Å². The van der Waals surface area contributed by atoms with Gasteiger partial charge in [0.25, 0.3) is 6.47 Å². The van der Waals surface area contributed by atoms with Crippen molar-refractivity contribution in [2.75, 3.05) is 0 Å². The molecule has 1 aliphatic carbocycles. The van der Waals surface area contributed by atoms with Crippen molar-refractivity contribution >= 4 is 6.47 Å². The maximum Gasteiger partial charge on any atom is 0.293 e. The van der Waals surface area contributed by atoms with E-state index in [1.165, 1.54) is 5.56 Å². The fraction of sp³-hybridized carbons (Fsp3) is 0.227. The van der Waals surface area contributed by atoms with Gasteiger partial charge in [0.1, 0.15) is 6.10 Å². The van der Waals surface area contributed by atoms with Crippen molar-refractivity contribution in [3.63, 3.8) is 0 Å². The van der Waals surface area contributed by atoms with Gasteiger partial charge in [0.2, 0.25) is 0 Å². The van der Waals surface area contributed by atoms with Gasteiger partial charge in [-0.05, 0) is 24.5 Å². The molecule has 1 aliphatic rings. The van der Waals surface area contributed by atoms with Crippen LogP contribution in [0.15, 0.2) is 78.4 Å². The topological polar surface area (TPSA) is 26.3 Å². The fourth-order valence-electron chi connectivity index (χ4n) is 3.36. The zero-order chi connectivity index (χ0) is 17.4. The van der Waals surface area contributed by atoms with Crippen molar-refractivity contribution < 1.29 is 9.53 Å². The van der Waals surface area contributed by atoms with E-state index in [1.807, 2.05) is 37.3 Å². The molecule has 1 aromatic carbocycles.